The van der Waals surface area contributed by atoms with Crippen molar-refractivity contribution in [3.63, 3.8) is 0 Å². The number of nitrogens with one attached hydrogen (secondary N) is 1. The van der Waals surface area contributed by atoms with Crippen molar-refractivity contribution in [1.82, 2.24) is 5.32 Å². The van der Waals surface area contributed by atoms with Gasteiger partial charge in [0.25, 0.3) is 0 Å². The quantitative estimate of drug-likeness (QED) is 0.765. The molecule has 19 heavy (non-hydrogen) atoms. The Balaban J connectivity index is 2.64. The first kappa shape index (κ1) is 15.2. The number of hydrogen-bond donors (Lipinski definition) is 2. The summed E-state index contributed by atoms with van der Waals surface area (Å²) in [4.78, 5) is 22.3. The number of hydrogen-bond acceptors (Lipinski definition) is 4. The third kappa shape index (κ3) is 4.37. The van der Waals surface area contributed by atoms with Crippen molar-refractivity contribution >= 4 is 11.9 Å². The number of aromatic carboxylic acids is 1. The van der Waals surface area contributed by atoms with E-state index < -0.39 is 5.97 Å². The molecule has 1 rings (SSSR count). The third-order valence-corrected chi connectivity index (χ3v) is 2.85. The van der Waals surface area contributed by atoms with Gasteiger partial charge in [0.15, 0.2) is 0 Å². The highest BCUT2D eigenvalue weighted by Gasteiger charge is 2.21. The van der Waals surface area contributed by atoms with Crippen LogP contribution in [0, 0.1) is 5.92 Å². The molecule has 0 amide bonds. The monoisotopic (exact) mass is 265 g/mol. The summed E-state index contributed by atoms with van der Waals surface area (Å²) < 4.78 is 4.73. The molecule has 0 bridgehead atoms. The topological polar surface area (TPSA) is 75.6 Å². The Kier molecular flexibility index (Phi) is 5.51. The van der Waals surface area contributed by atoms with E-state index in [0.717, 1.165) is 5.56 Å². The SMILES string of the molecule is COC(=O)[C@@H](NCc1ccc(C(=O)O)cc1)C(C)C. The number of benzene rings is 1. The Morgan fingerprint density at radius 1 is 1.26 bits per heavy atom. The van der Waals surface area contributed by atoms with Crippen LogP contribution in [0.5, 0.6) is 0 Å². The fourth-order valence-electron chi connectivity index (χ4n) is 1.71. The average molecular weight is 265 g/mol. The summed E-state index contributed by atoms with van der Waals surface area (Å²) in [6, 6.07) is 6.17. The van der Waals surface area contributed by atoms with Crippen LogP contribution in [0.25, 0.3) is 0 Å². The van der Waals surface area contributed by atoms with Crippen molar-refractivity contribution in [2.24, 2.45) is 5.92 Å². The largest absolute Gasteiger partial charge is 0.478 e. The van der Waals surface area contributed by atoms with Crippen molar-refractivity contribution < 1.29 is 19.4 Å². The molecule has 104 valence electrons. The summed E-state index contributed by atoms with van der Waals surface area (Å²) in [5, 5.41) is 11.9. The number of esters is 1. The summed E-state index contributed by atoms with van der Waals surface area (Å²) in [5.74, 6) is -1.13. The number of ether oxygens (including phenoxy) is 1. The van der Waals surface area contributed by atoms with Gasteiger partial charge in [0, 0.05) is 6.54 Å². The second kappa shape index (κ2) is 6.89. The zero-order valence-electron chi connectivity index (χ0n) is 11.3. The van der Waals surface area contributed by atoms with E-state index in [1.54, 1.807) is 24.3 Å². The zero-order chi connectivity index (χ0) is 14.4. The molecule has 0 aliphatic heterocycles. The standard InChI is InChI=1S/C14H19NO4/c1-9(2)12(14(18)19-3)15-8-10-4-6-11(7-5-10)13(16)17/h4-7,9,12,15H,8H2,1-3H3,(H,16,17)/t12-/m0/s1. The number of carbonyl (C=O) groups excluding carboxylic acids is 1. The van der Waals surface area contributed by atoms with Gasteiger partial charge in [-0.2, -0.15) is 0 Å². The van der Waals surface area contributed by atoms with Crippen LogP contribution in [0.3, 0.4) is 0 Å². The Morgan fingerprint density at radius 3 is 2.26 bits per heavy atom. The summed E-state index contributed by atoms with van der Waals surface area (Å²) in [6.45, 7) is 4.35. The van der Waals surface area contributed by atoms with Crippen molar-refractivity contribution in [3.05, 3.63) is 35.4 Å². The van der Waals surface area contributed by atoms with Crippen molar-refractivity contribution in [1.29, 1.82) is 0 Å². The zero-order valence-corrected chi connectivity index (χ0v) is 11.3. The second-order valence-electron chi connectivity index (χ2n) is 4.63. The molecular formula is C14H19NO4. The molecule has 0 saturated carbocycles. The average Bonchev–Trinajstić information content (AvgIpc) is 2.38. The first-order valence-electron chi connectivity index (χ1n) is 6.09. The maximum atomic E-state index is 11.6. The smallest absolute Gasteiger partial charge is 0.335 e. The first-order valence-corrected chi connectivity index (χ1v) is 6.09. The maximum Gasteiger partial charge on any atom is 0.335 e. The van der Waals surface area contributed by atoms with Crippen LogP contribution in [0.4, 0.5) is 0 Å². The van der Waals surface area contributed by atoms with Crippen LogP contribution in [0.15, 0.2) is 24.3 Å². The van der Waals surface area contributed by atoms with Crippen LogP contribution in [-0.2, 0) is 16.1 Å². The van der Waals surface area contributed by atoms with E-state index in [4.69, 9.17) is 9.84 Å². The van der Waals surface area contributed by atoms with Gasteiger partial charge < -0.3 is 15.2 Å². The number of carboxylic acids is 1. The Labute approximate surface area is 112 Å². The summed E-state index contributed by atoms with van der Waals surface area (Å²) in [6.07, 6.45) is 0. The molecule has 0 heterocycles. The van der Waals surface area contributed by atoms with Crippen LogP contribution < -0.4 is 5.32 Å². The lowest BCUT2D eigenvalue weighted by Crippen LogP contribution is -2.41. The molecule has 0 aliphatic rings. The van der Waals surface area contributed by atoms with Crippen LogP contribution in [0.2, 0.25) is 0 Å². The summed E-state index contributed by atoms with van der Waals surface area (Å²) in [5.41, 5.74) is 1.16. The minimum atomic E-state index is -0.950. The summed E-state index contributed by atoms with van der Waals surface area (Å²) in [7, 11) is 1.36. The van der Waals surface area contributed by atoms with E-state index in [9.17, 15) is 9.59 Å². The van der Waals surface area contributed by atoms with E-state index in [1.165, 1.54) is 7.11 Å². The van der Waals surface area contributed by atoms with Gasteiger partial charge in [-0.3, -0.25) is 4.79 Å². The molecule has 1 aromatic rings. The fraction of sp³-hybridized carbons (Fsp3) is 0.429. The predicted octanol–water partition coefficient (Wildman–Crippen LogP) is 1.67. The van der Waals surface area contributed by atoms with Gasteiger partial charge in [0.1, 0.15) is 6.04 Å². The van der Waals surface area contributed by atoms with Crippen molar-refractivity contribution in [2.45, 2.75) is 26.4 Å². The van der Waals surface area contributed by atoms with Gasteiger partial charge in [-0.1, -0.05) is 26.0 Å². The molecule has 0 spiro atoms. The van der Waals surface area contributed by atoms with Gasteiger partial charge >= 0.3 is 11.9 Å². The summed E-state index contributed by atoms with van der Waals surface area (Å²) >= 11 is 0. The lowest BCUT2D eigenvalue weighted by Gasteiger charge is -2.19. The fourth-order valence-corrected chi connectivity index (χ4v) is 1.71. The van der Waals surface area contributed by atoms with Crippen molar-refractivity contribution in [3.8, 4) is 0 Å². The number of carbonyl (C=O) groups is 2. The van der Waals surface area contributed by atoms with Gasteiger partial charge in [-0.05, 0) is 23.6 Å². The van der Waals surface area contributed by atoms with E-state index in [-0.39, 0.29) is 23.5 Å². The van der Waals surface area contributed by atoms with Crippen LogP contribution >= 0.6 is 0 Å². The van der Waals surface area contributed by atoms with Crippen LogP contribution in [-0.4, -0.2) is 30.2 Å². The molecule has 0 aliphatic carbocycles. The second-order valence-corrected chi connectivity index (χ2v) is 4.63. The van der Waals surface area contributed by atoms with E-state index in [0.29, 0.717) is 6.54 Å². The minimum absolute atomic E-state index is 0.116. The highest BCUT2D eigenvalue weighted by molar-refractivity contribution is 5.87. The van der Waals surface area contributed by atoms with Crippen molar-refractivity contribution in [2.75, 3.05) is 7.11 Å². The molecular weight excluding hydrogens is 246 g/mol. The van der Waals surface area contributed by atoms with Gasteiger partial charge in [-0.25, -0.2) is 4.79 Å². The lowest BCUT2D eigenvalue weighted by atomic mass is 10.0. The number of carboxylic acid groups (broad SMARTS) is 1. The molecule has 1 atom stereocenters. The molecule has 2 N–H and O–H groups in total. The van der Waals surface area contributed by atoms with Gasteiger partial charge in [0.05, 0.1) is 12.7 Å². The molecule has 0 unspecified atom stereocenters. The first-order chi connectivity index (χ1) is 8.95. The minimum Gasteiger partial charge on any atom is -0.478 e. The Morgan fingerprint density at radius 2 is 1.84 bits per heavy atom. The predicted molar refractivity (Wildman–Crippen MR) is 70.9 cm³/mol. The normalized spacial score (nSPS) is 12.2. The number of rotatable bonds is 6. The Hall–Kier alpha value is -1.88. The lowest BCUT2D eigenvalue weighted by molar-refractivity contribution is -0.144. The van der Waals surface area contributed by atoms with Gasteiger partial charge in [0.2, 0.25) is 0 Å². The van der Waals surface area contributed by atoms with Crippen LogP contribution in [0.1, 0.15) is 29.8 Å². The molecule has 0 saturated heterocycles. The molecule has 0 fully saturated rings. The van der Waals surface area contributed by atoms with E-state index in [2.05, 4.69) is 5.32 Å². The van der Waals surface area contributed by atoms with E-state index in [1.807, 2.05) is 13.8 Å². The maximum absolute atomic E-state index is 11.6. The van der Waals surface area contributed by atoms with E-state index >= 15 is 0 Å². The van der Waals surface area contributed by atoms with Gasteiger partial charge in [-0.15, -0.1) is 0 Å². The molecule has 1 aromatic carbocycles. The highest BCUT2D eigenvalue weighted by Crippen LogP contribution is 2.08. The Bertz CT molecular complexity index is 439. The highest BCUT2D eigenvalue weighted by atomic mass is 16.5. The number of methoxy groups -OCH3 is 1. The molecule has 5 heteroatoms. The molecule has 0 aromatic heterocycles. The molecule has 0 radical (unpaired) electrons. The molecule has 5 nitrogen and oxygen atoms in total. The third-order valence-electron chi connectivity index (χ3n) is 2.85.